The number of hydrogen-bond acceptors (Lipinski definition) is 4. The zero-order valence-electron chi connectivity index (χ0n) is 8.48. The van der Waals surface area contributed by atoms with Crippen LogP contribution in [0.15, 0.2) is 12.3 Å². The summed E-state index contributed by atoms with van der Waals surface area (Å²) in [5.41, 5.74) is 0.954. The summed E-state index contributed by atoms with van der Waals surface area (Å²) in [6.45, 7) is 3.24. The molecule has 0 aliphatic heterocycles. The number of hydrogen-bond donors (Lipinski definition) is 1. The van der Waals surface area contributed by atoms with E-state index in [1.165, 1.54) is 13.1 Å². The molecule has 1 heterocycles. The zero-order valence-corrected chi connectivity index (χ0v) is 9.30. The minimum Gasteiger partial charge on any atom is -0.266 e. The van der Waals surface area contributed by atoms with Crippen LogP contribution in [0.4, 0.5) is 5.82 Å². The molecule has 0 saturated heterocycles. The molecule has 0 aliphatic rings. The SMILES string of the molecule is CCS(=O)(=O)Nc1nccc(C)c1C#N. The molecule has 1 aromatic rings. The van der Waals surface area contributed by atoms with Crippen molar-refractivity contribution in [2.24, 2.45) is 0 Å². The summed E-state index contributed by atoms with van der Waals surface area (Å²) < 4.78 is 24.8. The Morgan fingerprint density at radius 2 is 2.27 bits per heavy atom. The molecule has 0 aliphatic carbocycles. The molecule has 0 atom stereocenters. The summed E-state index contributed by atoms with van der Waals surface area (Å²) in [5.74, 6) is 0.0485. The van der Waals surface area contributed by atoms with Crippen molar-refractivity contribution >= 4 is 15.8 Å². The predicted octanol–water partition coefficient (Wildman–Crippen LogP) is 1.02. The maximum Gasteiger partial charge on any atom is 0.233 e. The highest BCUT2D eigenvalue weighted by Crippen LogP contribution is 2.16. The summed E-state index contributed by atoms with van der Waals surface area (Å²) in [6.07, 6.45) is 1.46. The van der Waals surface area contributed by atoms with Crippen molar-refractivity contribution in [1.82, 2.24) is 4.98 Å². The second kappa shape index (κ2) is 4.28. The number of anilines is 1. The Morgan fingerprint density at radius 1 is 1.60 bits per heavy atom. The van der Waals surface area contributed by atoms with E-state index >= 15 is 0 Å². The van der Waals surface area contributed by atoms with Gasteiger partial charge in [-0.1, -0.05) is 0 Å². The molecule has 0 bridgehead atoms. The lowest BCUT2D eigenvalue weighted by Crippen LogP contribution is -2.16. The van der Waals surface area contributed by atoms with Gasteiger partial charge < -0.3 is 0 Å². The van der Waals surface area contributed by atoms with Gasteiger partial charge in [-0.05, 0) is 25.5 Å². The molecule has 0 radical (unpaired) electrons. The van der Waals surface area contributed by atoms with Crippen LogP contribution >= 0.6 is 0 Å². The third-order valence-corrected chi connectivity index (χ3v) is 3.17. The van der Waals surface area contributed by atoms with Crippen molar-refractivity contribution in [3.8, 4) is 6.07 Å². The molecular formula is C9H11N3O2S. The maximum atomic E-state index is 11.3. The van der Waals surface area contributed by atoms with E-state index < -0.39 is 10.0 Å². The van der Waals surface area contributed by atoms with Crippen LogP contribution in [-0.4, -0.2) is 19.2 Å². The van der Waals surface area contributed by atoms with Crippen LogP contribution < -0.4 is 4.72 Å². The molecule has 80 valence electrons. The highest BCUT2D eigenvalue weighted by molar-refractivity contribution is 7.92. The average Bonchev–Trinajstić information content (AvgIpc) is 2.18. The smallest absolute Gasteiger partial charge is 0.233 e. The number of pyridine rings is 1. The van der Waals surface area contributed by atoms with Gasteiger partial charge in [-0.25, -0.2) is 13.4 Å². The van der Waals surface area contributed by atoms with Crippen molar-refractivity contribution in [3.05, 3.63) is 23.4 Å². The Hall–Kier alpha value is -1.61. The normalized spacial score (nSPS) is 10.7. The van der Waals surface area contributed by atoms with Gasteiger partial charge in [0.05, 0.1) is 11.3 Å². The second-order valence-corrected chi connectivity index (χ2v) is 4.98. The van der Waals surface area contributed by atoms with Crippen molar-refractivity contribution in [2.75, 3.05) is 10.5 Å². The first-order chi connectivity index (χ1) is 7.00. The van der Waals surface area contributed by atoms with Gasteiger partial charge in [0.1, 0.15) is 6.07 Å². The summed E-state index contributed by atoms with van der Waals surface area (Å²) in [5, 5.41) is 8.84. The second-order valence-electron chi connectivity index (χ2n) is 2.97. The molecule has 0 fully saturated rings. The van der Waals surface area contributed by atoms with Gasteiger partial charge in [0.2, 0.25) is 10.0 Å². The molecule has 6 heteroatoms. The first-order valence-electron chi connectivity index (χ1n) is 4.36. The number of rotatable bonds is 3. The van der Waals surface area contributed by atoms with E-state index in [2.05, 4.69) is 9.71 Å². The minimum absolute atomic E-state index is 0.0481. The van der Waals surface area contributed by atoms with Crippen LogP contribution in [0, 0.1) is 18.3 Å². The van der Waals surface area contributed by atoms with Gasteiger partial charge in [0, 0.05) is 6.20 Å². The predicted molar refractivity (Wildman–Crippen MR) is 56.8 cm³/mol. The van der Waals surface area contributed by atoms with Gasteiger partial charge in [-0.15, -0.1) is 0 Å². The van der Waals surface area contributed by atoms with Crippen LogP contribution in [0.2, 0.25) is 0 Å². The fourth-order valence-electron chi connectivity index (χ4n) is 0.996. The largest absolute Gasteiger partial charge is 0.266 e. The molecule has 0 spiro atoms. The number of aryl methyl sites for hydroxylation is 1. The Kier molecular flexibility index (Phi) is 3.27. The van der Waals surface area contributed by atoms with Crippen molar-refractivity contribution in [2.45, 2.75) is 13.8 Å². The lowest BCUT2D eigenvalue weighted by atomic mass is 10.2. The van der Waals surface area contributed by atoms with Crippen LogP contribution in [0.1, 0.15) is 18.1 Å². The molecule has 0 aromatic carbocycles. The quantitative estimate of drug-likeness (QED) is 0.832. The topological polar surface area (TPSA) is 82.8 Å². The first-order valence-corrected chi connectivity index (χ1v) is 6.01. The summed E-state index contributed by atoms with van der Waals surface area (Å²) in [7, 11) is -3.39. The average molecular weight is 225 g/mol. The summed E-state index contributed by atoms with van der Waals surface area (Å²) in [6, 6.07) is 3.58. The fourth-order valence-corrected chi connectivity index (χ4v) is 1.59. The van der Waals surface area contributed by atoms with E-state index in [-0.39, 0.29) is 17.1 Å². The standard InChI is InChI=1S/C9H11N3O2S/c1-3-15(13,14)12-9-8(6-10)7(2)4-5-11-9/h4-5H,3H2,1-2H3,(H,11,12). The lowest BCUT2D eigenvalue weighted by molar-refractivity contribution is 0.602. The Morgan fingerprint density at radius 3 is 2.80 bits per heavy atom. The van der Waals surface area contributed by atoms with Crippen LogP contribution in [-0.2, 0) is 10.0 Å². The third kappa shape index (κ3) is 2.67. The van der Waals surface area contributed by atoms with Gasteiger partial charge in [-0.3, -0.25) is 4.72 Å². The van der Waals surface area contributed by atoms with E-state index in [1.54, 1.807) is 13.0 Å². The third-order valence-electron chi connectivity index (χ3n) is 1.90. The van der Waals surface area contributed by atoms with E-state index in [0.717, 1.165) is 0 Å². The Balaban J connectivity index is 3.18. The number of nitriles is 1. The highest BCUT2D eigenvalue weighted by atomic mass is 32.2. The van der Waals surface area contributed by atoms with Gasteiger partial charge in [-0.2, -0.15) is 5.26 Å². The molecular weight excluding hydrogens is 214 g/mol. The summed E-state index contributed by atoms with van der Waals surface area (Å²) in [4.78, 5) is 3.83. The van der Waals surface area contributed by atoms with Gasteiger partial charge in [0.25, 0.3) is 0 Å². The lowest BCUT2D eigenvalue weighted by Gasteiger charge is -2.07. The molecule has 1 rings (SSSR count). The van der Waals surface area contributed by atoms with Gasteiger partial charge in [0.15, 0.2) is 5.82 Å². The molecule has 0 amide bonds. The molecule has 1 aromatic heterocycles. The van der Waals surface area contributed by atoms with Crippen LogP contribution in [0.25, 0.3) is 0 Å². The number of nitrogens with zero attached hydrogens (tertiary/aromatic N) is 2. The summed E-state index contributed by atoms with van der Waals surface area (Å²) >= 11 is 0. The number of nitrogens with one attached hydrogen (secondary N) is 1. The molecule has 0 unspecified atom stereocenters. The monoisotopic (exact) mass is 225 g/mol. The minimum atomic E-state index is -3.39. The Labute approximate surface area is 88.8 Å². The Bertz CT molecular complexity index is 503. The van der Waals surface area contributed by atoms with Crippen LogP contribution in [0.3, 0.4) is 0 Å². The molecule has 0 saturated carbocycles. The highest BCUT2D eigenvalue weighted by Gasteiger charge is 2.12. The van der Waals surface area contributed by atoms with E-state index in [9.17, 15) is 8.42 Å². The maximum absolute atomic E-state index is 11.3. The first kappa shape index (κ1) is 11.5. The van der Waals surface area contributed by atoms with E-state index in [1.807, 2.05) is 6.07 Å². The number of aromatic nitrogens is 1. The fraction of sp³-hybridized carbons (Fsp3) is 0.333. The van der Waals surface area contributed by atoms with Crippen LogP contribution in [0.5, 0.6) is 0 Å². The van der Waals surface area contributed by atoms with Crippen molar-refractivity contribution < 1.29 is 8.42 Å². The van der Waals surface area contributed by atoms with Gasteiger partial charge >= 0.3 is 0 Å². The zero-order chi connectivity index (χ0) is 11.5. The van der Waals surface area contributed by atoms with E-state index in [4.69, 9.17) is 5.26 Å². The molecule has 5 nitrogen and oxygen atoms in total. The molecule has 15 heavy (non-hydrogen) atoms. The van der Waals surface area contributed by atoms with E-state index in [0.29, 0.717) is 5.56 Å². The molecule has 1 N–H and O–H groups in total. The van der Waals surface area contributed by atoms with Crippen molar-refractivity contribution in [3.63, 3.8) is 0 Å². The van der Waals surface area contributed by atoms with Crippen molar-refractivity contribution in [1.29, 1.82) is 5.26 Å². The number of sulfonamides is 1.